The zero-order chi connectivity index (χ0) is 16.4. The van der Waals surface area contributed by atoms with E-state index >= 15 is 0 Å². The van der Waals surface area contributed by atoms with Gasteiger partial charge in [0.05, 0.1) is 24.7 Å². The van der Waals surface area contributed by atoms with E-state index in [1.54, 1.807) is 24.5 Å². The molecule has 2 fully saturated rings. The van der Waals surface area contributed by atoms with Gasteiger partial charge in [0.1, 0.15) is 11.9 Å². The lowest BCUT2D eigenvalue weighted by molar-refractivity contribution is -0.0399. The molecule has 6 nitrogen and oxygen atoms in total. The number of rotatable bonds is 3. The zero-order valence-corrected chi connectivity index (χ0v) is 13.4. The molecule has 4 heterocycles. The van der Waals surface area contributed by atoms with Gasteiger partial charge in [-0.15, -0.1) is 0 Å². The van der Waals surface area contributed by atoms with Crippen LogP contribution in [-0.2, 0) is 4.74 Å². The number of likely N-dealkylation sites (tertiary alicyclic amines) is 1. The summed E-state index contributed by atoms with van der Waals surface area (Å²) in [7, 11) is 0. The minimum atomic E-state index is -0.174. The monoisotopic (exact) mass is 328 g/mol. The van der Waals surface area contributed by atoms with Gasteiger partial charge >= 0.3 is 0 Å². The van der Waals surface area contributed by atoms with Crippen molar-refractivity contribution in [2.24, 2.45) is 0 Å². The Kier molecular flexibility index (Phi) is 3.98. The molecule has 1 spiro atoms. The van der Waals surface area contributed by atoms with Crippen LogP contribution in [-0.4, -0.2) is 47.2 Å². The summed E-state index contributed by atoms with van der Waals surface area (Å²) >= 11 is 0. The lowest BCUT2D eigenvalue weighted by Gasteiger charge is -2.38. The van der Waals surface area contributed by atoms with Crippen molar-refractivity contribution in [3.05, 3.63) is 48.7 Å². The van der Waals surface area contributed by atoms with E-state index in [1.165, 1.54) is 6.26 Å². The predicted octanol–water partition coefficient (Wildman–Crippen LogP) is 2.52. The molecule has 2 aliphatic rings. The van der Waals surface area contributed by atoms with Crippen molar-refractivity contribution in [1.29, 1.82) is 0 Å². The molecule has 1 amide bonds. The van der Waals surface area contributed by atoms with E-state index < -0.39 is 0 Å². The van der Waals surface area contributed by atoms with Gasteiger partial charge in [0.25, 0.3) is 5.91 Å². The maximum Gasteiger partial charge on any atom is 0.289 e. The first kappa shape index (κ1) is 15.2. The van der Waals surface area contributed by atoms with Crippen LogP contribution in [0, 0.1) is 0 Å². The lowest BCUT2D eigenvalue weighted by atomic mass is 9.88. The van der Waals surface area contributed by atoms with Crippen LogP contribution in [0.2, 0.25) is 0 Å². The summed E-state index contributed by atoms with van der Waals surface area (Å²) in [4.78, 5) is 18.2. The van der Waals surface area contributed by atoms with Crippen LogP contribution < -0.4 is 4.74 Å². The molecule has 2 aromatic rings. The second-order valence-electron chi connectivity index (χ2n) is 6.40. The van der Waals surface area contributed by atoms with Gasteiger partial charge in [-0.2, -0.15) is 0 Å². The largest absolute Gasteiger partial charge is 0.486 e. The molecule has 1 unspecified atom stereocenters. The second-order valence-corrected chi connectivity index (χ2v) is 6.40. The topological polar surface area (TPSA) is 64.8 Å². The highest BCUT2D eigenvalue weighted by Crippen LogP contribution is 2.37. The molecular weight excluding hydrogens is 308 g/mol. The van der Waals surface area contributed by atoms with Crippen molar-refractivity contribution < 1.29 is 18.7 Å². The van der Waals surface area contributed by atoms with Crippen molar-refractivity contribution >= 4 is 5.91 Å². The third-order valence-corrected chi connectivity index (χ3v) is 4.81. The number of ether oxygens (including phenoxy) is 2. The Balaban J connectivity index is 1.33. The number of hydrogen-bond acceptors (Lipinski definition) is 5. The molecule has 126 valence electrons. The highest BCUT2D eigenvalue weighted by molar-refractivity contribution is 5.91. The fourth-order valence-electron chi connectivity index (χ4n) is 3.51. The van der Waals surface area contributed by atoms with Gasteiger partial charge in [0.15, 0.2) is 5.76 Å². The number of hydrogen-bond donors (Lipinski definition) is 0. The first-order valence-electron chi connectivity index (χ1n) is 8.28. The van der Waals surface area contributed by atoms with Gasteiger partial charge < -0.3 is 18.8 Å². The van der Waals surface area contributed by atoms with Gasteiger partial charge in [0.2, 0.25) is 0 Å². The van der Waals surface area contributed by atoms with Gasteiger partial charge in [0, 0.05) is 25.7 Å². The summed E-state index contributed by atoms with van der Waals surface area (Å²) in [5.41, 5.74) is -0.174. The average Bonchev–Trinajstić information content (AvgIpc) is 3.27. The van der Waals surface area contributed by atoms with E-state index in [0.29, 0.717) is 25.5 Å². The Hall–Kier alpha value is -2.34. The van der Waals surface area contributed by atoms with Crippen LogP contribution in [0.25, 0.3) is 0 Å². The molecule has 0 saturated carbocycles. The Morgan fingerprint density at radius 2 is 2.17 bits per heavy atom. The average molecular weight is 328 g/mol. The number of furan rings is 1. The summed E-state index contributed by atoms with van der Waals surface area (Å²) in [5.74, 6) is 1.13. The fourth-order valence-corrected chi connectivity index (χ4v) is 3.51. The smallest absolute Gasteiger partial charge is 0.289 e. The third kappa shape index (κ3) is 3.01. The molecule has 2 saturated heterocycles. The minimum absolute atomic E-state index is 0.0431. The normalized spacial score (nSPS) is 22.7. The van der Waals surface area contributed by atoms with Gasteiger partial charge in [-0.05, 0) is 37.1 Å². The van der Waals surface area contributed by atoms with E-state index in [9.17, 15) is 4.79 Å². The standard InChI is InChI=1S/C18H20N2O4/c21-17(16-4-2-10-22-16)20-8-5-18(6-9-20)11-15(13-23-18)24-14-3-1-7-19-12-14/h1-4,7,10,12,15H,5-6,8-9,11,13H2. The van der Waals surface area contributed by atoms with Crippen molar-refractivity contribution in [2.75, 3.05) is 19.7 Å². The molecule has 2 aliphatic heterocycles. The Morgan fingerprint density at radius 3 is 2.88 bits per heavy atom. The van der Waals surface area contributed by atoms with Crippen LogP contribution in [0.4, 0.5) is 0 Å². The molecule has 0 aliphatic carbocycles. The van der Waals surface area contributed by atoms with Crippen LogP contribution >= 0.6 is 0 Å². The van der Waals surface area contributed by atoms with Gasteiger partial charge in [-0.25, -0.2) is 0 Å². The predicted molar refractivity (Wildman–Crippen MR) is 85.8 cm³/mol. The highest BCUT2D eigenvalue weighted by Gasteiger charge is 2.44. The molecular formula is C18H20N2O4. The van der Waals surface area contributed by atoms with Gasteiger partial charge in [-0.3, -0.25) is 9.78 Å². The first-order valence-corrected chi connectivity index (χ1v) is 8.28. The molecule has 0 radical (unpaired) electrons. The molecule has 6 heteroatoms. The molecule has 24 heavy (non-hydrogen) atoms. The Morgan fingerprint density at radius 1 is 1.29 bits per heavy atom. The fraction of sp³-hybridized carbons (Fsp3) is 0.444. The van der Waals surface area contributed by atoms with Gasteiger partial charge in [-0.1, -0.05) is 0 Å². The maximum atomic E-state index is 12.3. The zero-order valence-electron chi connectivity index (χ0n) is 13.4. The molecule has 0 N–H and O–H groups in total. The van der Waals surface area contributed by atoms with Crippen molar-refractivity contribution in [3.63, 3.8) is 0 Å². The number of carbonyl (C=O) groups is 1. The van der Waals surface area contributed by atoms with Crippen LogP contribution in [0.15, 0.2) is 47.3 Å². The second kappa shape index (κ2) is 6.28. The summed E-state index contributed by atoms with van der Waals surface area (Å²) in [5, 5.41) is 0. The number of piperidine rings is 1. The third-order valence-electron chi connectivity index (χ3n) is 4.81. The van der Waals surface area contributed by atoms with E-state index in [-0.39, 0.29) is 17.6 Å². The summed E-state index contributed by atoms with van der Waals surface area (Å²) in [6.07, 6.45) is 7.52. The van der Waals surface area contributed by atoms with Crippen LogP contribution in [0.5, 0.6) is 5.75 Å². The van der Waals surface area contributed by atoms with E-state index in [1.807, 2.05) is 17.0 Å². The van der Waals surface area contributed by atoms with Crippen LogP contribution in [0.3, 0.4) is 0 Å². The van der Waals surface area contributed by atoms with Crippen LogP contribution in [0.1, 0.15) is 29.8 Å². The number of amides is 1. The molecule has 2 aromatic heterocycles. The minimum Gasteiger partial charge on any atom is -0.486 e. The van der Waals surface area contributed by atoms with Crippen molar-refractivity contribution in [2.45, 2.75) is 31.0 Å². The summed E-state index contributed by atoms with van der Waals surface area (Å²) < 4.78 is 17.2. The highest BCUT2D eigenvalue weighted by atomic mass is 16.6. The quantitative estimate of drug-likeness (QED) is 0.866. The van der Waals surface area contributed by atoms with E-state index in [2.05, 4.69) is 4.98 Å². The van der Waals surface area contributed by atoms with Crippen molar-refractivity contribution in [1.82, 2.24) is 9.88 Å². The first-order chi connectivity index (χ1) is 11.7. The summed E-state index contributed by atoms with van der Waals surface area (Å²) in [6, 6.07) is 7.21. The number of nitrogens with zero attached hydrogens (tertiary/aromatic N) is 2. The number of aromatic nitrogens is 1. The van der Waals surface area contributed by atoms with Crippen molar-refractivity contribution in [3.8, 4) is 5.75 Å². The van der Waals surface area contributed by atoms with E-state index in [4.69, 9.17) is 13.9 Å². The number of carbonyl (C=O) groups excluding carboxylic acids is 1. The maximum absolute atomic E-state index is 12.3. The number of pyridine rings is 1. The Labute approximate surface area is 140 Å². The SMILES string of the molecule is O=C(c1ccco1)N1CCC2(CC1)CC(Oc1cccnc1)CO2. The summed E-state index contributed by atoms with van der Waals surface area (Å²) in [6.45, 7) is 1.94. The molecule has 0 bridgehead atoms. The molecule has 1 atom stereocenters. The molecule has 4 rings (SSSR count). The Bertz CT molecular complexity index is 678. The van der Waals surface area contributed by atoms with E-state index in [0.717, 1.165) is 25.0 Å². The lowest BCUT2D eigenvalue weighted by Crippen LogP contribution is -2.46. The molecule has 0 aromatic carbocycles.